The Balaban J connectivity index is 2.29. The predicted molar refractivity (Wildman–Crippen MR) is 77.4 cm³/mol. The summed E-state index contributed by atoms with van der Waals surface area (Å²) in [6.45, 7) is 3.86. The minimum atomic E-state index is -0.114. The molecule has 102 valence electrons. The van der Waals surface area contributed by atoms with E-state index in [1.54, 1.807) is 24.3 Å². The van der Waals surface area contributed by atoms with Gasteiger partial charge in [-0.2, -0.15) is 0 Å². The van der Waals surface area contributed by atoms with E-state index in [9.17, 15) is 9.90 Å². The lowest BCUT2D eigenvalue weighted by Crippen LogP contribution is -2.06. The third kappa shape index (κ3) is 2.09. The lowest BCUT2D eigenvalue weighted by Gasteiger charge is -2.10. The summed E-state index contributed by atoms with van der Waals surface area (Å²) in [5, 5.41) is 10.4. The second-order valence-electron chi connectivity index (χ2n) is 4.94. The van der Waals surface area contributed by atoms with E-state index in [-0.39, 0.29) is 17.3 Å². The molecule has 0 atom stereocenters. The number of rotatable bonds is 2. The number of hydrogen-bond donors (Lipinski definition) is 1. The van der Waals surface area contributed by atoms with Crippen LogP contribution in [0.15, 0.2) is 45.6 Å². The molecule has 3 aromatic rings. The van der Waals surface area contributed by atoms with Crippen LogP contribution in [0, 0.1) is 0 Å². The summed E-state index contributed by atoms with van der Waals surface area (Å²) in [6.07, 6.45) is 0.0451. The molecular weight excluding hydrogens is 256 g/mol. The highest BCUT2D eigenvalue weighted by Crippen LogP contribution is 2.25. The zero-order valence-electron chi connectivity index (χ0n) is 11.2. The number of fused-ring (bicyclic) bond motifs is 2. The number of phenols is 1. The minimum absolute atomic E-state index is 0.0451. The Hall–Kier alpha value is -2.49. The molecule has 3 rings (SSSR count). The van der Waals surface area contributed by atoms with E-state index in [1.807, 2.05) is 13.8 Å². The number of benzene rings is 2. The highest BCUT2D eigenvalue weighted by atomic mass is 16.5. The molecule has 0 aliphatic rings. The molecule has 0 saturated heterocycles. The molecule has 0 bridgehead atoms. The van der Waals surface area contributed by atoms with Crippen molar-refractivity contribution in [2.75, 3.05) is 0 Å². The van der Waals surface area contributed by atoms with E-state index >= 15 is 0 Å². The maximum atomic E-state index is 12.4. The quantitative estimate of drug-likeness (QED) is 0.725. The van der Waals surface area contributed by atoms with Crippen molar-refractivity contribution in [3.05, 3.63) is 46.6 Å². The molecule has 0 saturated carbocycles. The van der Waals surface area contributed by atoms with Crippen LogP contribution in [0.1, 0.15) is 13.8 Å². The van der Waals surface area contributed by atoms with Crippen LogP contribution in [-0.4, -0.2) is 11.2 Å². The van der Waals surface area contributed by atoms with Gasteiger partial charge in [-0.3, -0.25) is 4.79 Å². The van der Waals surface area contributed by atoms with Gasteiger partial charge in [-0.25, -0.2) is 0 Å². The first-order chi connectivity index (χ1) is 9.54. The molecule has 1 aromatic heterocycles. The molecule has 2 aromatic carbocycles. The van der Waals surface area contributed by atoms with Crippen LogP contribution in [0.25, 0.3) is 21.9 Å². The summed E-state index contributed by atoms with van der Waals surface area (Å²) < 4.78 is 11.3. The number of hydrogen-bond acceptors (Lipinski definition) is 4. The van der Waals surface area contributed by atoms with E-state index < -0.39 is 0 Å². The van der Waals surface area contributed by atoms with Crippen LogP contribution in [0.3, 0.4) is 0 Å². The van der Waals surface area contributed by atoms with Gasteiger partial charge in [-0.15, -0.1) is 0 Å². The first-order valence-corrected chi connectivity index (χ1v) is 6.41. The first kappa shape index (κ1) is 12.5. The van der Waals surface area contributed by atoms with Crippen molar-refractivity contribution >= 4 is 21.9 Å². The molecule has 0 unspecified atom stereocenters. The molecule has 1 N–H and O–H groups in total. The van der Waals surface area contributed by atoms with Gasteiger partial charge in [0.15, 0.2) is 0 Å². The Labute approximate surface area is 115 Å². The normalized spacial score (nSPS) is 11.3. The van der Waals surface area contributed by atoms with Gasteiger partial charge in [0.2, 0.25) is 5.43 Å². The highest BCUT2D eigenvalue weighted by Gasteiger charge is 2.09. The summed E-state index contributed by atoms with van der Waals surface area (Å²) in [5.41, 5.74) is 0.702. The average Bonchev–Trinajstić information content (AvgIpc) is 2.37. The second kappa shape index (κ2) is 4.56. The molecular formula is C16H14O4. The van der Waals surface area contributed by atoms with E-state index in [1.165, 1.54) is 12.1 Å². The molecule has 0 aliphatic carbocycles. The molecule has 4 heteroatoms. The zero-order chi connectivity index (χ0) is 14.3. The summed E-state index contributed by atoms with van der Waals surface area (Å²) in [5.74, 6) is 0.713. The number of aromatic hydroxyl groups is 1. The topological polar surface area (TPSA) is 59.7 Å². The predicted octanol–water partition coefficient (Wildman–Crippen LogP) is 3.44. The maximum Gasteiger partial charge on any atom is 0.200 e. The van der Waals surface area contributed by atoms with Crippen molar-refractivity contribution in [3.63, 3.8) is 0 Å². The van der Waals surface area contributed by atoms with Crippen molar-refractivity contribution in [1.82, 2.24) is 0 Å². The first-order valence-electron chi connectivity index (χ1n) is 6.41. The van der Waals surface area contributed by atoms with Crippen LogP contribution in [0.5, 0.6) is 11.5 Å². The molecule has 4 nitrogen and oxygen atoms in total. The van der Waals surface area contributed by atoms with Crippen LogP contribution >= 0.6 is 0 Å². The summed E-state index contributed by atoms with van der Waals surface area (Å²) in [4.78, 5) is 12.4. The van der Waals surface area contributed by atoms with Gasteiger partial charge in [-0.05, 0) is 38.1 Å². The van der Waals surface area contributed by atoms with Gasteiger partial charge in [0, 0.05) is 12.1 Å². The molecule has 0 amide bonds. The third-order valence-corrected chi connectivity index (χ3v) is 3.00. The van der Waals surface area contributed by atoms with Crippen LogP contribution < -0.4 is 10.2 Å². The largest absolute Gasteiger partial charge is 0.508 e. The SMILES string of the molecule is CC(C)Oc1ccc2c(=O)c3ccc(O)cc3oc2c1. The fourth-order valence-electron chi connectivity index (χ4n) is 2.17. The Morgan fingerprint density at radius 1 is 1.05 bits per heavy atom. The monoisotopic (exact) mass is 270 g/mol. The lowest BCUT2D eigenvalue weighted by molar-refractivity contribution is 0.242. The number of ether oxygens (including phenoxy) is 1. The third-order valence-electron chi connectivity index (χ3n) is 3.00. The van der Waals surface area contributed by atoms with Crippen LogP contribution in [0.2, 0.25) is 0 Å². The Bertz CT molecular complexity index is 846. The maximum absolute atomic E-state index is 12.4. The number of phenolic OH excluding ortho intramolecular Hbond substituents is 1. The van der Waals surface area contributed by atoms with E-state index in [4.69, 9.17) is 9.15 Å². The molecule has 0 spiro atoms. The van der Waals surface area contributed by atoms with Gasteiger partial charge in [0.25, 0.3) is 0 Å². The summed E-state index contributed by atoms with van der Waals surface area (Å²) in [7, 11) is 0. The van der Waals surface area contributed by atoms with E-state index in [2.05, 4.69) is 0 Å². The molecule has 0 radical (unpaired) electrons. The van der Waals surface area contributed by atoms with Gasteiger partial charge in [0.1, 0.15) is 22.7 Å². The van der Waals surface area contributed by atoms with Gasteiger partial charge in [-0.1, -0.05) is 0 Å². The Morgan fingerprint density at radius 2 is 1.70 bits per heavy atom. The van der Waals surface area contributed by atoms with Gasteiger partial charge < -0.3 is 14.3 Å². The average molecular weight is 270 g/mol. The smallest absolute Gasteiger partial charge is 0.200 e. The van der Waals surface area contributed by atoms with E-state index in [0.29, 0.717) is 27.7 Å². The van der Waals surface area contributed by atoms with Crippen molar-refractivity contribution in [3.8, 4) is 11.5 Å². The van der Waals surface area contributed by atoms with E-state index in [0.717, 1.165) is 0 Å². The zero-order valence-corrected chi connectivity index (χ0v) is 11.2. The standard InChI is InChI=1S/C16H14O4/c1-9(2)19-11-4-6-13-15(8-11)20-14-7-10(17)3-5-12(14)16(13)18/h3-9,17H,1-2H3. The molecule has 20 heavy (non-hydrogen) atoms. The van der Waals surface area contributed by atoms with Gasteiger partial charge >= 0.3 is 0 Å². The molecule has 0 aliphatic heterocycles. The van der Waals surface area contributed by atoms with Crippen molar-refractivity contribution < 1.29 is 14.3 Å². The minimum Gasteiger partial charge on any atom is -0.508 e. The fourth-order valence-corrected chi connectivity index (χ4v) is 2.17. The van der Waals surface area contributed by atoms with Crippen molar-refractivity contribution in [2.24, 2.45) is 0 Å². The Morgan fingerprint density at radius 3 is 2.40 bits per heavy atom. The Kier molecular flexibility index (Phi) is 2.86. The van der Waals surface area contributed by atoms with Gasteiger partial charge in [0.05, 0.1) is 16.9 Å². The summed E-state index contributed by atoms with van der Waals surface area (Å²) >= 11 is 0. The van der Waals surface area contributed by atoms with Crippen LogP contribution in [-0.2, 0) is 0 Å². The second-order valence-corrected chi connectivity index (χ2v) is 4.94. The highest BCUT2D eigenvalue weighted by molar-refractivity contribution is 5.90. The fraction of sp³-hybridized carbons (Fsp3) is 0.188. The lowest BCUT2D eigenvalue weighted by atomic mass is 10.1. The molecule has 0 fully saturated rings. The van der Waals surface area contributed by atoms with Crippen molar-refractivity contribution in [2.45, 2.75) is 20.0 Å². The summed E-state index contributed by atoms with van der Waals surface area (Å²) in [6, 6.07) is 9.62. The molecule has 1 heterocycles. The van der Waals surface area contributed by atoms with Crippen molar-refractivity contribution in [1.29, 1.82) is 0 Å². The van der Waals surface area contributed by atoms with Crippen LogP contribution in [0.4, 0.5) is 0 Å².